The van der Waals surface area contributed by atoms with Gasteiger partial charge in [-0.15, -0.1) is 0 Å². The molecule has 1 aliphatic rings. The van der Waals surface area contributed by atoms with E-state index in [0.29, 0.717) is 0 Å². The standard InChI is InChI=1S/C60H42BN3/c1-60(2,3)41-16-12-15-37(32-41)40-35-53-58-48(29-31-62-54(58)36-40)45-26-25-39(50-33-38-14-4-5-17-42(38)43-18-6-7-19-44(43)50)34-52(45)61(53)51-27-28-57(59-49(51)22-13-30-63-59)64-55-23-10-8-20-46(55)47-21-9-11-24-56(47)64/h4-36H,1-3H3. The summed E-state index contributed by atoms with van der Waals surface area (Å²) in [4.78, 5) is 10.4. The van der Waals surface area contributed by atoms with E-state index in [1.54, 1.807) is 0 Å². The summed E-state index contributed by atoms with van der Waals surface area (Å²) >= 11 is 0. The summed E-state index contributed by atoms with van der Waals surface area (Å²) in [6.45, 7) is 6.74. The largest absolute Gasteiger partial charge is 0.307 e. The molecule has 12 aromatic rings. The predicted octanol–water partition coefficient (Wildman–Crippen LogP) is 13.3. The van der Waals surface area contributed by atoms with Gasteiger partial charge >= 0.3 is 0 Å². The van der Waals surface area contributed by atoms with Crippen molar-refractivity contribution in [3.8, 4) is 39.1 Å². The van der Waals surface area contributed by atoms with Crippen LogP contribution in [0.5, 0.6) is 0 Å². The normalized spacial score (nSPS) is 12.6. The van der Waals surface area contributed by atoms with Gasteiger partial charge in [0.15, 0.2) is 0 Å². The molecule has 64 heavy (non-hydrogen) atoms. The maximum Gasteiger partial charge on any atom is 0.243 e. The summed E-state index contributed by atoms with van der Waals surface area (Å²) in [6.07, 6.45) is 3.94. The number of hydrogen-bond donors (Lipinski definition) is 0. The maximum atomic E-state index is 5.25. The Morgan fingerprint density at radius 3 is 1.92 bits per heavy atom. The van der Waals surface area contributed by atoms with Gasteiger partial charge in [-0.3, -0.25) is 9.97 Å². The second-order valence-corrected chi connectivity index (χ2v) is 18.5. The van der Waals surface area contributed by atoms with Crippen LogP contribution in [0.2, 0.25) is 0 Å². The number of pyridine rings is 2. The third-order valence-electron chi connectivity index (χ3n) is 13.9. The van der Waals surface area contributed by atoms with Crippen molar-refractivity contribution in [3.05, 3.63) is 206 Å². The van der Waals surface area contributed by atoms with Gasteiger partial charge in [0, 0.05) is 28.6 Å². The Kier molecular flexibility index (Phi) is 7.96. The topological polar surface area (TPSA) is 30.7 Å². The molecule has 0 fully saturated rings. The SMILES string of the molecule is CC(C)(C)c1cccc(-c2cc3c4c(ccnc4c2)-c2ccc(-c4cc5ccccc5c5ccccc45)cc2B3c2ccc(-n3c4ccccc4c4ccccc43)c3ncccc23)c1. The van der Waals surface area contributed by atoms with Crippen molar-refractivity contribution in [2.45, 2.75) is 26.2 Å². The molecular weight excluding hydrogens is 773 g/mol. The summed E-state index contributed by atoms with van der Waals surface area (Å²) < 4.78 is 2.40. The molecule has 13 rings (SSSR count). The Labute approximate surface area is 372 Å². The van der Waals surface area contributed by atoms with Crippen LogP contribution in [-0.4, -0.2) is 21.2 Å². The zero-order valence-corrected chi connectivity index (χ0v) is 36.0. The maximum absolute atomic E-state index is 5.25. The Bertz CT molecular complexity index is 3860. The minimum absolute atomic E-state index is 0.0153. The van der Waals surface area contributed by atoms with Gasteiger partial charge in [-0.1, -0.05) is 183 Å². The van der Waals surface area contributed by atoms with Crippen molar-refractivity contribution in [1.82, 2.24) is 14.5 Å². The number of nitrogens with zero attached hydrogens (tertiary/aromatic N) is 3. The van der Waals surface area contributed by atoms with E-state index in [-0.39, 0.29) is 12.1 Å². The number of hydrogen-bond acceptors (Lipinski definition) is 2. The lowest BCUT2D eigenvalue weighted by atomic mass is 9.33. The fourth-order valence-corrected chi connectivity index (χ4v) is 10.9. The average Bonchev–Trinajstić information content (AvgIpc) is 3.67. The highest BCUT2D eigenvalue weighted by atomic mass is 15.0. The second kappa shape index (κ2) is 13.8. The van der Waals surface area contributed by atoms with Crippen LogP contribution >= 0.6 is 0 Å². The van der Waals surface area contributed by atoms with Gasteiger partial charge in [0.1, 0.15) is 0 Å². The minimum atomic E-state index is -0.120. The van der Waals surface area contributed by atoms with Crippen molar-refractivity contribution in [2.75, 3.05) is 0 Å². The van der Waals surface area contributed by atoms with Crippen LogP contribution in [0.4, 0.5) is 0 Å². The first-order valence-electron chi connectivity index (χ1n) is 22.3. The molecule has 0 unspecified atom stereocenters. The third-order valence-corrected chi connectivity index (χ3v) is 13.9. The number of fused-ring (bicyclic) bond motifs is 9. The Balaban J connectivity index is 1.11. The lowest BCUT2D eigenvalue weighted by Gasteiger charge is -2.29. The van der Waals surface area contributed by atoms with E-state index < -0.39 is 0 Å². The summed E-state index contributed by atoms with van der Waals surface area (Å²) in [5, 5.41) is 9.86. The Morgan fingerprint density at radius 2 is 1.12 bits per heavy atom. The van der Waals surface area contributed by atoms with Gasteiger partial charge < -0.3 is 4.57 Å². The molecule has 0 bridgehead atoms. The van der Waals surface area contributed by atoms with Crippen molar-refractivity contribution in [3.63, 3.8) is 0 Å². The fraction of sp³-hybridized carbons (Fsp3) is 0.0667. The highest BCUT2D eigenvalue weighted by Crippen LogP contribution is 2.40. The van der Waals surface area contributed by atoms with Crippen LogP contribution in [0.15, 0.2) is 200 Å². The van der Waals surface area contributed by atoms with Crippen LogP contribution in [0.3, 0.4) is 0 Å². The lowest BCUT2D eigenvalue weighted by molar-refractivity contribution is 0.590. The van der Waals surface area contributed by atoms with E-state index in [2.05, 4.69) is 213 Å². The van der Waals surface area contributed by atoms with E-state index in [9.17, 15) is 0 Å². The first-order valence-corrected chi connectivity index (χ1v) is 22.3. The van der Waals surface area contributed by atoms with Crippen LogP contribution < -0.4 is 16.4 Å². The molecule has 0 atom stereocenters. The average molecular weight is 816 g/mol. The van der Waals surface area contributed by atoms with E-state index >= 15 is 0 Å². The molecule has 0 radical (unpaired) electrons. The molecule has 9 aromatic carbocycles. The molecule has 4 heteroatoms. The van der Waals surface area contributed by atoms with Gasteiger partial charge in [-0.05, 0) is 114 Å². The number of rotatable bonds is 4. The molecule has 3 aromatic heterocycles. The number of aromatic nitrogens is 3. The van der Waals surface area contributed by atoms with Crippen molar-refractivity contribution in [1.29, 1.82) is 0 Å². The van der Waals surface area contributed by atoms with Gasteiger partial charge in [0.05, 0.1) is 27.8 Å². The van der Waals surface area contributed by atoms with Crippen molar-refractivity contribution in [2.24, 2.45) is 0 Å². The minimum Gasteiger partial charge on any atom is -0.307 e. The van der Waals surface area contributed by atoms with E-state index in [0.717, 1.165) is 22.1 Å². The first kappa shape index (κ1) is 36.8. The monoisotopic (exact) mass is 815 g/mol. The zero-order valence-electron chi connectivity index (χ0n) is 36.0. The molecule has 300 valence electrons. The summed E-state index contributed by atoms with van der Waals surface area (Å²) in [6, 6.07) is 69.8. The van der Waals surface area contributed by atoms with Crippen molar-refractivity contribution < 1.29 is 0 Å². The van der Waals surface area contributed by atoms with Gasteiger partial charge in [-0.2, -0.15) is 0 Å². The number of para-hydroxylation sites is 2. The summed E-state index contributed by atoms with van der Waals surface area (Å²) in [5.74, 6) is 0. The molecule has 3 nitrogen and oxygen atoms in total. The molecular formula is C60H42BN3. The molecule has 0 spiro atoms. The van der Waals surface area contributed by atoms with Gasteiger partial charge in [0.25, 0.3) is 0 Å². The van der Waals surface area contributed by atoms with Crippen LogP contribution in [-0.2, 0) is 5.41 Å². The molecule has 1 aliphatic heterocycles. The van der Waals surface area contributed by atoms with E-state index in [1.807, 2.05) is 12.4 Å². The molecule has 0 N–H and O–H groups in total. The third kappa shape index (κ3) is 5.48. The van der Waals surface area contributed by atoms with Crippen LogP contribution in [0.25, 0.3) is 104 Å². The van der Waals surface area contributed by atoms with Gasteiger partial charge in [0.2, 0.25) is 6.71 Å². The lowest BCUT2D eigenvalue weighted by Crippen LogP contribution is -2.55. The van der Waals surface area contributed by atoms with Gasteiger partial charge in [-0.25, -0.2) is 0 Å². The van der Waals surface area contributed by atoms with E-state index in [1.165, 1.54) is 104 Å². The highest BCUT2D eigenvalue weighted by Gasteiger charge is 2.35. The Morgan fingerprint density at radius 1 is 0.422 bits per heavy atom. The second-order valence-electron chi connectivity index (χ2n) is 18.5. The summed E-state index contributed by atoms with van der Waals surface area (Å²) in [7, 11) is 0. The van der Waals surface area contributed by atoms with E-state index in [4.69, 9.17) is 9.97 Å². The van der Waals surface area contributed by atoms with Crippen molar-refractivity contribution >= 4 is 88.3 Å². The number of benzene rings is 9. The predicted molar refractivity (Wildman–Crippen MR) is 273 cm³/mol. The highest BCUT2D eigenvalue weighted by molar-refractivity contribution is 7.00. The summed E-state index contributed by atoms with van der Waals surface area (Å²) in [5.41, 5.74) is 17.8. The zero-order chi connectivity index (χ0) is 42.7. The smallest absolute Gasteiger partial charge is 0.243 e. The Hall–Kier alpha value is -7.82. The molecule has 0 saturated carbocycles. The van der Waals surface area contributed by atoms with Crippen LogP contribution in [0.1, 0.15) is 26.3 Å². The first-order chi connectivity index (χ1) is 31.4. The van der Waals surface area contributed by atoms with Crippen LogP contribution in [0, 0.1) is 0 Å². The molecule has 0 amide bonds. The molecule has 4 heterocycles. The quantitative estimate of drug-likeness (QED) is 0.131. The molecule has 0 saturated heterocycles. The fourth-order valence-electron chi connectivity index (χ4n) is 10.9. The molecule has 0 aliphatic carbocycles.